The molecule has 3 rings (SSSR count). The number of carbonyl (C=O) groups excluding carboxylic acids is 1. The molecule has 0 saturated carbocycles. The molecule has 0 bridgehead atoms. The van der Waals surface area contributed by atoms with Crippen LogP contribution in [-0.2, 0) is 16.0 Å². The van der Waals surface area contributed by atoms with Gasteiger partial charge >= 0.3 is 5.97 Å². The molecule has 4 nitrogen and oxygen atoms in total. The summed E-state index contributed by atoms with van der Waals surface area (Å²) in [5, 5.41) is 9.90. The van der Waals surface area contributed by atoms with E-state index in [1.807, 2.05) is 24.3 Å². The number of carboxylic acid groups (broad SMARTS) is 1. The van der Waals surface area contributed by atoms with Crippen LogP contribution >= 0.6 is 0 Å². The van der Waals surface area contributed by atoms with E-state index in [9.17, 15) is 9.59 Å². The number of Topliss-reactive ketones (excluding diaryl/α,β-unsaturated/α-hetero) is 1. The molecule has 84 valence electrons. The molecule has 0 saturated heterocycles. The van der Waals surface area contributed by atoms with Crippen LogP contribution in [0.3, 0.4) is 0 Å². The van der Waals surface area contributed by atoms with Crippen molar-refractivity contribution >= 4 is 28.7 Å². The van der Waals surface area contributed by atoms with E-state index in [0.717, 1.165) is 22.2 Å². The molecule has 0 radical (unpaired) electrons. The van der Waals surface area contributed by atoms with Crippen molar-refractivity contribution in [3.8, 4) is 0 Å². The summed E-state index contributed by atoms with van der Waals surface area (Å²) >= 11 is 0. The van der Waals surface area contributed by atoms with Gasteiger partial charge in [0.25, 0.3) is 0 Å². The molecule has 0 spiro atoms. The Hall–Kier alpha value is -2.36. The second kappa shape index (κ2) is 3.31. The zero-order valence-corrected chi connectivity index (χ0v) is 8.86. The Balaban J connectivity index is 2.30. The zero-order chi connectivity index (χ0) is 12.0. The largest absolute Gasteiger partial charge is 0.478 e. The third kappa shape index (κ3) is 1.38. The van der Waals surface area contributed by atoms with Gasteiger partial charge in [-0.1, -0.05) is 18.2 Å². The van der Waals surface area contributed by atoms with E-state index in [1.165, 1.54) is 6.08 Å². The number of nitrogens with one attached hydrogen (secondary N) is 1. The number of benzene rings is 1. The second-order valence-corrected chi connectivity index (χ2v) is 4.03. The predicted molar refractivity (Wildman–Crippen MR) is 62.6 cm³/mol. The minimum Gasteiger partial charge on any atom is -0.478 e. The fraction of sp³-hybridized carbons (Fsp3) is 0.0769. The monoisotopic (exact) mass is 227 g/mol. The van der Waals surface area contributed by atoms with E-state index in [4.69, 9.17) is 5.11 Å². The Morgan fingerprint density at radius 1 is 1.29 bits per heavy atom. The van der Waals surface area contributed by atoms with Gasteiger partial charge in [-0.3, -0.25) is 4.79 Å². The van der Waals surface area contributed by atoms with Crippen molar-refractivity contribution < 1.29 is 14.7 Å². The number of para-hydroxylation sites is 1. The van der Waals surface area contributed by atoms with E-state index >= 15 is 0 Å². The lowest BCUT2D eigenvalue weighted by atomic mass is 9.95. The van der Waals surface area contributed by atoms with Gasteiger partial charge < -0.3 is 10.1 Å². The highest BCUT2D eigenvalue weighted by atomic mass is 16.4. The fourth-order valence-corrected chi connectivity index (χ4v) is 2.19. The smallest absolute Gasteiger partial charge is 0.339 e. The normalized spacial score (nSPS) is 14.6. The summed E-state index contributed by atoms with van der Waals surface area (Å²) in [7, 11) is 0. The van der Waals surface area contributed by atoms with Gasteiger partial charge in [0.05, 0.1) is 6.42 Å². The number of aromatic amines is 1. The topological polar surface area (TPSA) is 70.2 Å². The second-order valence-electron chi connectivity index (χ2n) is 4.03. The lowest BCUT2D eigenvalue weighted by molar-refractivity contribution is -0.134. The molecular formula is C13H9NO3. The Bertz CT molecular complexity index is 679. The molecule has 17 heavy (non-hydrogen) atoms. The average Bonchev–Trinajstić information content (AvgIpc) is 2.64. The Morgan fingerprint density at radius 3 is 2.82 bits per heavy atom. The lowest BCUT2D eigenvalue weighted by Gasteiger charge is -2.08. The number of fused-ring (bicyclic) bond motifs is 3. The molecule has 1 aromatic heterocycles. The maximum Gasteiger partial charge on any atom is 0.339 e. The van der Waals surface area contributed by atoms with Gasteiger partial charge in [0.2, 0.25) is 0 Å². The van der Waals surface area contributed by atoms with Crippen LogP contribution in [0.5, 0.6) is 0 Å². The first-order valence-corrected chi connectivity index (χ1v) is 5.24. The highest BCUT2D eigenvalue weighted by molar-refractivity contribution is 6.23. The van der Waals surface area contributed by atoms with Gasteiger partial charge in [-0.25, -0.2) is 4.79 Å². The summed E-state index contributed by atoms with van der Waals surface area (Å²) in [6.45, 7) is 0. The third-order valence-corrected chi connectivity index (χ3v) is 2.98. The quantitative estimate of drug-likeness (QED) is 0.729. The molecular weight excluding hydrogens is 218 g/mol. The molecule has 0 aliphatic heterocycles. The van der Waals surface area contributed by atoms with Gasteiger partial charge in [-0.05, 0) is 12.1 Å². The first kappa shape index (κ1) is 9.84. The molecule has 4 heteroatoms. The summed E-state index contributed by atoms with van der Waals surface area (Å²) in [5.74, 6) is -1.51. The molecule has 1 aliphatic rings. The molecule has 1 aliphatic carbocycles. The van der Waals surface area contributed by atoms with E-state index < -0.39 is 5.97 Å². The lowest BCUT2D eigenvalue weighted by Crippen LogP contribution is -2.18. The molecule has 2 N–H and O–H groups in total. The van der Waals surface area contributed by atoms with Crippen molar-refractivity contribution in [2.75, 3.05) is 0 Å². The van der Waals surface area contributed by atoms with Crippen LogP contribution < -0.4 is 0 Å². The highest BCUT2D eigenvalue weighted by Gasteiger charge is 2.25. The number of carboxylic acids is 1. The van der Waals surface area contributed by atoms with Crippen LogP contribution in [0.1, 0.15) is 11.3 Å². The van der Waals surface area contributed by atoms with Crippen molar-refractivity contribution in [2.45, 2.75) is 6.42 Å². The number of aromatic nitrogens is 1. The Morgan fingerprint density at radius 2 is 2.06 bits per heavy atom. The van der Waals surface area contributed by atoms with Gasteiger partial charge in [0.15, 0.2) is 5.78 Å². The van der Waals surface area contributed by atoms with Crippen LogP contribution in [0.4, 0.5) is 0 Å². The van der Waals surface area contributed by atoms with E-state index in [-0.39, 0.29) is 17.8 Å². The summed E-state index contributed by atoms with van der Waals surface area (Å²) < 4.78 is 0. The zero-order valence-electron chi connectivity index (χ0n) is 8.86. The van der Waals surface area contributed by atoms with Crippen LogP contribution in [0.25, 0.3) is 17.0 Å². The van der Waals surface area contributed by atoms with Crippen molar-refractivity contribution in [3.63, 3.8) is 0 Å². The molecule has 0 unspecified atom stereocenters. The summed E-state index contributed by atoms with van der Waals surface area (Å²) in [6, 6.07) is 7.61. The summed E-state index contributed by atoms with van der Waals surface area (Å²) in [6.07, 6.45) is 1.59. The molecule has 0 amide bonds. The van der Waals surface area contributed by atoms with Gasteiger partial charge in [0, 0.05) is 22.2 Å². The van der Waals surface area contributed by atoms with Crippen molar-refractivity contribution in [2.24, 2.45) is 0 Å². The van der Waals surface area contributed by atoms with E-state index in [1.54, 1.807) is 0 Å². The fourth-order valence-electron chi connectivity index (χ4n) is 2.19. The minimum absolute atomic E-state index is 0.127. The first-order valence-electron chi connectivity index (χ1n) is 5.24. The van der Waals surface area contributed by atoms with Crippen LogP contribution in [0.2, 0.25) is 0 Å². The third-order valence-electron chi connectivity index (χ3n) is 2.98. The number of hydrogen-bond acceptors (Lipinski definition) is 2. The van der Waals surface area contributed by atoms with E-state index in [0.29, 0.717) is 0 Å². The molecule has 1 heterocycles. The molecule has 0 fully saturated rings. The number of hydrogen-bond donors (Lipinski definition) is 2. The molecule has 2 aromatic rings. The summed E-state index contributed by atoms with van der Waals surface area (Å²) in [4.78, 5) is 25.7. The van der Waals surface area contributed by atoms with Crippen molar-refractivity contribution in [1.29, 1.82) is 0 Å². The van der Waals surface area contributed by atoms with Crippen LogP contribution in [0.15, 0.2) is 29.8 Å². The maximum absolute atomic E-state index is 11.6. The number of ketones is 1. The van der Waals surface area contributed by atoms with Crippen molar-refractivity contribution in [1.82, 2.24) is 4.98 Å². The summed E-state index contributed by atoms with van der Waals surface area (Å²) in [5.41, 5.74) is 2.40. The minimum atomic E-state index is -1.16. The predicted octanol–water partition coefficient (Wildman–Crippen LogP) is 1.76. The highest BCUT2D eigenvalue weighted by Crippen LogP contribution is 2.29. The standard InChI is InChI=1S/C13H9NO3/c15-12-6-11-8(5-9(12)13(16)17)7-3-1-2-4-10(7)14-11/h1-5,14H,6H2,(H,16,17). The average molecular weight is 227 g/mol. The Kier molecular flexibility index (Phi) is 1.92. The van der Waals surface area contributed by atoms with E-state index in [2.05, 4.69) is 4.98 Å². The van der Waals surface area contributed by atoms with Gasteiger partial charge in [-0.2, -0.15) is 0 Å². The Labute approximate surface area is 96.6 Å². The first-order chi connectivity index (χ1) is 8.16. The molecule has 1 aromatic carbocycles. The number of carbonyl (C=O) groups is 2. The van der Waals surface area contributed by atoms with Crippen LogP contribution in [0, 0.1) is 0 Å². The van der Waals surface area contributed by atoms with Gasteiger partial charge in [-0.15, -0.1) is 0 Å². The number of aliphatic carboxylic acids is 1. The van der Waals surface area contributed by atoms with Crippen molar-refractivity contribution in [3.05, 3.63) is 41.1 Å². The SMILES string of the molecule is O=C(O)C1=Cc2c([nH]c3ccccc23)CC1=O. The van der Waals surface area contributed by atoms with Crippen LogP contribution in [-0.4, -0.2) is 21.8 Å². The number of rotatable bonds is 1. The maximum atomic E-state index is 11.6. The number of H-pyrrole nitrogens is 1. The molecule has 0 atom stereocenters. The van der Waals surface area contributed by atoms with Gasteiger partial charge in [0.1, 0.15) is 5.57 Å².